The Bertz CT molecular complexity index is 407. The molecule has 0 bridgehead atoms. The highest BCUT2D eigenvalue weighted by Gasteiger charge is 2.13. The Hall–Kier alpha value is -1.40. The number of anilines is 2. The maximum Gasteiger partial charge on any atom is 0.158 e. The van der Waals surface area contributed by atoms with E-state index >= 15 is 0 Å². The van der Waals surface area contributed by atoms with Crippen LogP contribution in [0.15, 0.2) is 6.07 Å². The molecule has 6 heteroatoms. The summed E-state index contributed by atoms with van der Waals surface area (Å²) < 4.78 is 5.35. The van der Waals surface area contributed by atoms with Gasteiger partial charge in [0.15, 0.2) is 5.82 Å². The average molecular weight is 279 g/mol. The molecule has 1 aliphatic carbocycles. The number of hydrazine groups is 1. The van der Waals surface area contributed by atoms with Crippen molar-refractivity contribution in [2.45, 2.75) is 45.6 Å². The standard InChI is InChI=1S/C14H25N5O/c1-2-20-10-14-17-12(8-13(18-14)19-15)16-9-11-6-4-3-5-7-11/h8,11H,2-7,9-10,15H2,1H3,(H2,16,17,18,19). The molecule has 0 atom stereocenters. The molecule has 1 aliphatic rings. The molecular formula is C14H25N5O. The molecule has 4 N–H and O–H groups in total. The van der Waals surface area contributed by atoms with E-state index in [0.29, 0.717) is 24.9 Å². The van der Waals surface area contributed by atoms with Gasteiger partial charge in [0, 0.05) is 19.2 Å². The first-order valence-corrected chi connectivity index (χ1v) is 7.48. The van der Waals surface area contributed by atoms with E-state index in [1.807, 2.05) is 13.0 Å². The molecule has 0 amide bonds. The molecule has 0 radical (unpaired) electrons. The maximum atomic E-state index is 5.45. The minimum absolute atomic E-state index is 0.407. The second kappa shape index (κ2) is 8.01. The summed E-state index contributed by atoms with van der Waals surface area (Å²) in [4.78, 5) is 8.73. The van der Waals surface area contributed by atoms with Gasteiger partial charge < -0.3 is 15.5 Å². The summed E-state index contributed by atoms with van der Waals surface area (Å²) >= 11 is 0. The van der Waals surface area contributed by atoms with E-state index in [4.69, 9.17) is 10.6 Å². The molecule has 0 unspecified atom stereocenters. The normalized spacial score (nSPS) is 16.1. The van der Waals surface area contributed by atoms with Crippen LogP contribution in [0.2, 0.25) is 0 Å². The van der Waals surface area contributed by atoms with Gasteiger partial charge in [0.05, 0.1) is 0 Å². The Morgan fingerprint density at radius 3 is 2.70 bits per heavy atom. The first-order chi connectivity index (χ1) is 9.81. The molecule has 112 valence electrons. The van der Waals surface area contributed by atoms with Gasteiger partial charge in [-0.25, -0.2) is 15.8 Å². The van der Waals surface area contributed by atoms with E-state index < -0.39 is 0 Å². The van der Waals surface area contributed by atoms with Crippen molar-refractivity contribution < 1.29 is 4.74 Å². The molecule has 1 aromatic rings. The first-order valence-electron chi connectivity index (χ1n) is 7.48. The number of nitrogens with zero attached hydrogens (tertiary/aromatic N) is 2. The maximum absolute atomic E-state index is 5.45. The lowest BCUT2D eigenvalue weighted by Crippen LogP contribution is -2.19. The van der Waals surface area contributed by atoms with E-state index in [2.05, 4.69) is 20.7 Å². The average Bonchev–Trinajstić information content (AvgIpc) is 2.51. The van der Waals surface area contributed by atoms with Crippen LogP contribution in [0.25, 0.3) is 0 Å². The summed E-state index contributed by atoms with van der Waals surface area (Å²) in [6.07, 6.45) is 6.70. The van der Waals surface area contributed by atoms with Crippen molar-refractivity contribution in [3.8, 4) is 0 Å². The third kappa shape index (κ3) is 4.61. The van der Waals surface area contributed by atoms with Crippen molar-refractivity contribution in [3.05, 3.63) is 11.9 Å². The molecule has 0 aromatic carbocycles. The van der Waals surface area contributed by atoms with Gasteiger partial charge in [-0.15, -0.1) is 0 Å². The second-order valence-electron chi connectivity index (χ2n) is 5.22. The number of nitrogen functional groups attached to an aromatic ring is 1. The highest BCUT2D eigenvalue weighted by molar-refractivity contribution is 5.46. The van der Waals surface area contributed by atoms with Crippen molar-refractivity contribution in [1.82, 2.24) is 9.97 Å². The zero-order chi connectivity index (χ0) is 14.2. The number of hydrogen-bond donors (Lipinski definition) is 3. The number of ether oxygens (including phenoxy) is 1. The lowest BCUT2D eigenvalue weighted by molar-refractivity contribution is 0.128. The van der Waals surface area contributed by atoms with Gasteiger partial charge in [-0.3, -0.25) is 0 Å². The van der Waals surface area contributed by atoms with Crippen LogP contribution in [-0.2, 0) is 11.3 Å². The van der Waals surface area contributed by atoms with Gasteiger partial charge in [0.1, 0.15) is 18.2 Å². The summed E-state index contributed by atoms with van der Waals surface area (Å²) in [6, 6.07) is 1.83. The molecule has 1 aromatic heterocycles. The van der Waals surface area contributed by atoms with Gasteiger partial charge in [-0.1, -0.05) is 19.3 Å². The Labute approximate surface area is 120 Å². The third-order valence-corrected chi connectivity index (χ3v) is 3.65. The highest BCUT2D eigenvalue weighted by Crippen LogP contribution is 2.24. The third-order valence-electron chi connectivity index (χ3n) is 3.65. The Morgan fingerprint density at radius 1 is 1.25 bits per heavy atom. The quantitative estimate of drug-likeness (QED) is 0.524. The van der Waals surface area contributed by atoms with Gasteiger partial charge in [0.2, 0.25) is 0 Å². The smallest absolute Gasteiger partial charge is 0.158 e. The molecule has 0 saturated heterocycles. The number of rotatable bonds is 7. The Balaban J connectivity index is 1.94. The number of aromatic nitrogens is 2. The number of hydrogen-bond acceptors (Lipinski definition) is 6. The largest absolute Gasteiger partial charge is 0.374 e. The SMILES string of the molecule is CCOCc1nc(NN)cc(NCC2CCCCC2)n1. The van der Waals surface area contributed by atoms with Crippen LogP contribution in [0.3, 0.4) is 0 Å². The van der Waals surface area contributed by atoms with E-state index in [9.17, 15) is 0 Å². The zero-order valence-corrected chi connectivity index (χ0v) is 12.2. The molecular weight excluding hydrogens is 254 g/mol. The number of nitrogens with two attached hydrogens (primary N) is 1. The van der Waals surface area contributed by atoms with E-state index in [0.717, 1.165) is 18.3 Å². The highest BCUT2D eigenvalue weighted by atomic mass is 16.5. The van der Waals surface area contributed by atoms with Crippen molar-refractivity contribution in [1.29, 1.82) is 0 Å². The van der Waals surface area contributed by atoms with Crippen LogP contribution in [0.1, 0.15) is 44.9 Å². The van der Waals surface area contributed by atoms with Crippen LogP contribution in [-0.4, -0.2) is 23.1 Å². The zero-order valence-electron chi connectivity index (χ0n) is 12.2. The molecule has 2 rings (SSSR count). The Morgan fingerprint density at radius 2 is 2.00 bits per heavy atom. The van der Waals surface area contributed by atoms with Crippen molar-refractivity contribution in [2.24, 2.45) is 11.8 Å². The van der Waals surface area contributed by atoms with Crippen molar-refractivity contribution in [3.63, 3.8) is 0 Å². The minimum atomic E-state index is 0.407. The molecule has 20 heavy (non-hydrogen) atoms. The van der Waals surface area contributed by atoms with Gasteiger partial charge in [-0.05, 0) is 25.7 Å². The predicted octanol–water partition coefficient (Wildman–Crippen LogP) is 2.29. The van der Waals surface area contributed by atoms with E-state index in [-0.39, 0.29) is 0 Å². The predicted molar refractivity (Wildman–Crippen MR) is 80.2 cm³/mol. The molecule has 0 spiro atoms. The van der Waals surface area contributed by atoms with Gasteiger partial charge in [-0.2, -0.15) is 0 Å². The van der Waals surface area contributed by atoms with E-state index in [1.54, 1.807) is 0 Å². The lowest BCUT2D eigenvalue weighted by Gasteiger charge is -2.22. The molecule has 6 nitrogen and oxygen atoms in total. The summed E-state index contributed by atoms with van der Waals surface area (Å²) in [7, 11) is 0. The topological polar surface area (TPSA) is 85.1 Å². The summed E-state index contributed by atoms with van der Waals surface area (Å²) in [5.41, 5.74) is 2.58. The van der Waals surface area contributed by atoms with Crippen molar-refractivity contribution in [2.75, 3.05) is 23.9 Å². The summed E-state index contributed by atoms with van der Waals surface area (Å²) in [6.45, 7) is 3.97. The molecule has 1 saturated carbocycles. The molecule has 0 aliphatic heterocycles. The van der Waals surface area contributed by atoms with Gasteiger partial charge in [0.25, 0.3) is 0 Å². The monoisotopic (exact) mass is 279 g/mol. The van der Waals surface area contributed by atoms with Crippen LogP contribution in [0.5, 0.6) is 0 Å². The molecule has 1 heterocycles. The van der Waals surface area contributed by atoms with Crippen LogP contribution in [0.4, 0.5) is 11.6 Å². The fourth-order valence-corrected chi connectivity index (χ4v) is 2.56. The first kappa shape index (κ1) is 15.0. The lowest BCUT2D eigenvalue weighted by atomic mass is 9.89. The fourth-order valence-electron chi connectivity index (χ4n) is 2.56. The van der Waals surface area contributed by atoms with Crippen LogP contribution in [0, 0.1) is 5.92 Å². The van der Waals surface area contributed by atoms with Crippen molar-refractivity contribution >= 4 is 11.6 Å². The molecule has 1 fully saturated rings. The summed E-state index contributed by atoms with van der Waals surface area (Å²) in [5.74, 6) is 8.27. The Kier molecular flexibility index (Phi) is 6.01. The summed E-state index contributed by atoms with van der Waals surface area (Å²) in [5, 5.41) is 3.40. The van der Waals surface area contributed by atoms with E-state index in [1.165, 1.54) is 32.1 Å². The second-order valence-corrected chi connectivity index (χ2v) is 5.22. The van der Waals surface area contributed by atoms with Gasteiger partial charge >= 0.3 is 0 Å². The van der Waals surface area contributed by atoms with Crippen LogP contribution >= 0.6 is 0 Å². The fraction of sp³-hybridized carbons (Fsp3) is 0.714. The number of nitrogens with one attached hydrogen (secondary N) is 2. The minimum Gasteiger partial charge on any atom is -0.374 e. The van der Waals surface area contributed by atoms with Crippen LogP contribution < -0.4 is 16.6 Å².